The number of carbonyl (C=O) groups excluding carboxylic acids is 2. The molecule has 2 rings (SSSR count). The number of nitrogens with zero attached hydrogens (tertiary/aromatic N) is 2. The van der Waals surface area contributed by atoms with Gasteiger partial charge in [-0.05, 0) is 31.2 Å². The first-order valence-corrected chi connectivity index (χ1v) is 5.27. The van der Waals surface area contributed by atoms with Gasteiger partial charge in [-0.15, -0.1) is 0 Å². The molecule has 17 heavy (non-hydrogen) atoms. The standard InChI is InChI=1S/C13H12N2O2/c1-10(17)13(12-6-2-3-7-14-12)15-8-4-5-11(15)9-16/h2-9,13H,1H3. The highest BCUT2D eigenvalue weighted by Gasteiger charge is 2.21. The van der Waals surface area contributed by atoms with Crippen LogP contribution in [0.2, 0.25) is 0 Å². The van der Waals surface area contributed by atoms with Crippen LogP contribution in [0.4, 0.5) is 0 Å². The summed E-state index contributed by atoms with van der Waals surface area (Å²) in [5.74, 6) is -0.0528. The zero-order valence-electron chi connectivity index (χ0n) is 9.41. The summed E-state index contributed by atoms with van der Waals surface area (Å²) in [4.78, 5) is 26.8. The summed E-state index contributed by atoms with van der Waals surface area (Å²) in [6.07, 6.45) is 4.08. The van der Waals surface area contributed by atoms with E-state index in [4.69, 9.17) is 0 Å². The van der Waals surface area contributed by atoms with Crippen molar-refractivity contribution < 1.29 is 9.59 Å². The lowest BCUT2D eigenvalue weighted by atomic mass is 10.1. The monoisotopic (exact) mass is 228 g/mol. The molecule has 4 heteroatoms. The second-order valence-corrected chi connectivity index (χ2v) is 3.73. The van der Waals surface area contributed by atoms with E-state index in [9.17, 15) is 9.59 Å². The molecule has 0 bridgehead atoms. The van der Waals surface area contributed by atoms with Gasteiger partial charge in [0.25, 0.3) is 0 Å². The van der Waals surface area contributed by atoms with Crippen molar-refractivity contribution in [3.05, 3.63) is 54.1 Å². The van der Waals surface area contributed by atoms with Crippen molar-refractivity contribution >= 4 is 12.1 Å². The van der Waals surface area contributed by atoms with Gasteiger partial charge in [0.05, 0.1) is 11.4 Å². The number of aromatic nitrogens is 2. The van der Waals surface area contributed by atoms with Gasteiger partial charge in [0.2, 0.25) is 0 Å². The molecule has 2 heterocycles. The molecule has 2 aromatic heterocycles. The van der Waals surface area contributed by atoms with Crippen molar-refractivity contribution in [2.45, 2.75) is 13.0 Å². The highest BCUT2D eigenvalue weighted by molar-refractivity contribution is 5.84. The Morgan fingerprint density at radius 2 is 2.18 bits per heavy atom. The van der Waals surface area contributed by atoms with Crippen LogP contribution in [-0.4, -0.2) is 21.6 Å². The van der Waals surface area contributed by atoms with E-state index in [0.29, 0.717) is 11.4 Å². The maximum Gasteiger partial charge on any atom is 0.166 e. The quantitative estimate of drug-likeness (QED) is 0.751. The van der Waals surface area contributed by atoms with Gasteiger partial charge in [0.1, 0.15) is 6.04 Å². The van der Waals surface area contributed by atoms with E-state index < -0.39 is 6.04 Å². The summed E-state index contributed by atoms with van der Waals surface area (Å²) in [5.41, 5.74) is 1.11. The van der Waals surface area contributed by atoms with Crippen molar-refractivity contribution in [2.24, 2.45) is 0 Å². The maximum atomic E-state index is 11.7. The van der Waals surface area contributed by atoms with Crippen LogP contribution in [-0.2, 0) is 4.79 Å². The fourth-order valence-electron chi connectivity index (χ4n) is 1.83. The normalized spacial score (nSPS) is 12.1. The topological polar surface area (TPSA) is 52.0 Å². The fourth-order valence-corrected chi connectivity index (χ4v) is 1.83. The average molecular weight is 228 g/mol. The zero-order chi connectivity index (χ0) is 12.3. The van der Waals surface area contributed by atoms with E-state index in [0.717, 1.165) is 6.29 Å². The Balaban J connectivity index is 2.51. The Hall–Kier alpha value is -2.23. The minimum Gasteiger partial charge on any atom is -0.329 e. The van der Waals surface area contributed by atoms with Crippen LogP contribution in [0.1, 0.15) is 29.1 Å². The summed E-state index contributed by atoms with van der Waals surface area (Å²) in [7, 11) is 0. The molecule has 0 radical (unpaired) electrons. The summed E-state index contributed by atoms with van der Waals surface area (Å²) >= 11 is 0. The Kier molecular flexibility index (Phi) is 3.14. The molecule has 0 fully saturated rings. The summed E-state index contributed by atoms with van der Waals surface area (Å²) in [5, 5.41) is 0. The Morgan fingerprint density at radius 1 is 1.35 bits per heavy atom. The van der Waals surface area contributed by atoms with E-state index in [1.807, 2.05) is 6.07 Å². The lowest BCUT2D eigenvalue weighted by Crippen LogP contribution is -2.20. The lowest BCUT2D eigenvalue weighted by molar-refractivity contribution is -0.119. The largest absolute Gasteiger partial charge is 0.329 e. The highest BCUT2D eigenvalue weighted by atomic mass is 16.1. The first-order chi connectivity index (χ1) is 8.24. The van der Waals surface area contributed by atoms with Gasteiger partial charge in [0, 0.05) is 12.4 Å². The molecule has 0 aliphatic heterocycles. The van der Waals surface area contributed by atoms with E-state index in [1.165, 1.54) is 6.92 Å². The van der Waals surface area contributed by atoms with Crippen molar-refractivity contribution in [1.82, 2.24) is 9.55 Å². The van der Waals surface area contributed by atoms with E-state index >= 15 is 0 Å². The number of carbonyl (C=O) groups is 2. The van der Waals surface area contributed by atoms with Crippen molar-refractivity contribution in [3.63, 3.8) is 0 Å². The van der Waals surface area contributed by atoms with Crippen LogP contribution in [0.3, 0.4) is 0 Å². The molecule has 0 aliphatic carbocycles. The van der Waals surface area contributed by atoms with E-state index in [2.05, 4.69) is 4.98 Å². The predicted molar refractivity (Wildman–Crippen MR) is 62.9 cm³/mol. The number of Topliss-reactive ketones (excluding diaryl/α,β-unsaturated/α-hetero) is 1. The summed E-state index contributed by atoms with van der Waals surface area (Å²) in [6, 6.07) is 8.26. The van der Waals surface area contributed by atoms with Crippen LogP contribution in [0, 0.1) is 0 Å². The second-order valence-electron chi connectivity index (χ2n) is 3.73. The Morgan fingerprint density at radius 3 is 2.76 bits per heavy atom. The van der Waals surface area contributed by atoms with Gasteiger partial charge in [-0.2, -0.15) is 0 Å². The SMILES string of the molecule is CC(=O)C(c1ccccn1)n1cccc1C=O. The molecule has 0 aromatic carbocycles. The average Bonchev–Trinajstić information content (AvgIpc) is 2.78. The van der Waals surface area contributed by atoms with Crippen LogP contribution in [0.15, 0.2) is 42.7 Å². The molecular formula is C13H12N2O2. The maximum absolute atomic E-state index is 11.7. The molecule has 4 nitrogen and oxygen atoms in total. The van der Waals surface area contributed by atoms with Gasteiger partial charge in [0.15, 0.2) is 12.1 Å². The molecule has 0 aliphatic rings. The van der Waals surface area contributed by atoms with E-state index in [-0.39, 0.29) is 5.78 Å². The summed E-state index contributed by atoms with van der Waals surface area (Å²) in [6.45, 7) is 1.49. The van der Waals surface area contributed by atoms with E-state index in [1.54, 1.807) is 41.2 Å². The number of pyridine rings is 1. The van der Waals surface area contributed by atoms with Crippen LogP contribution >= 0.6 is 0 Å². The second kappa shape index (κ2) is 4.74. The van der Waals surface area contributed by atoms with Crippen molar-refractivity contribution in [3.8, 4) is 0 Å². The third-order valence-electron chi connectivity index (χ3n) is 2.56. The Bertz CT molecular complexity index is 531. The minimum absolute atomic E-state index is 0.0528. The molecule has 86 valence electrons. The molecule has 0 saturated heterocycles. The lowest BCUT2D eigenvalue weighted by Gasteiger charge is -2.16. The van der Waals surface area contributed by atoms with Crippen molar-refractivity contribution in [2.75, 3.05) is 0 Å². The Labute approximate surface area is 98.9 Å². The third-order valence-corrected chi connectivity index (χ3v) is 2.56. The van der Waals surface area contributed by atoms with Crippen LogP contribution in [0.25, 0.3) is 0 Å². The number of aldehydes is 1. The third kappa shape index (κ3) is 2.15. The van der Waals surface area contributed by atoms with Crippen molar-refractivity contribution in [1.29, 1.82) is 0 Å². The molecule has 0 amide bonds. The predicted octanol–water partition coefficient (Wildman–Crippen LogP) is 1.87. The molecule has 0 spiro atoms. The zero-order valence-corrected chi connectivity index (χ0v) is 9.41. The number of rotatable bonds is 4. The highest BCUT2D eigenvalue weighted by Crippen LogP contribution is 2.19. The van der Waals surface area contributed by atoms with Gasteiger partial charge in [-0.3, -0.25) is 14.6 Å². The fraction of sp³-hybridized carbons (Fsp3) is 0.154. The minimum atomic E-state index is -0.536. The van der Waals surface area contributed by atoms with Gasteiger partial charge < -0.3 is 4.57 Å². The first kappa shape index (κ1) is 11.3. The van der Waals surface area contributed by atoms with Gasteiger partial charge >= 0.3 is 0 Å². The van der Waals surface area contributed by atoms with Gasteiger partial charge in [-0.1, -0.05) is 6.07 Å². The molecule has 0 saturated carbocycles. The number of hydrogen-bond acceptors (Lipinski definition) is 3. The van der Waals surface area contributed by atoms with Crippen LogP contribution in [0.5, 0.6) is 0 Å². The summed E-state index contributed by atoms with van der Waals surface area (Å²) < 4.78 is 1.64. The molecular weight excluding hydrogens is 216 g/mol. The number of ketones is 1. The molecule has 1 atom stereocenters. The number of hydrogen-bond donors (Lipinski definition) is 0. The van der Waals surface area contributed by atoms with Crippen LogP contribution < -0.4 is 0 Å². The molecule has 0 N–H and O–H groups in total. The molecule has 2 aromatic rings. The molecule has 1 unspecified atom stereocenters. The smallest absolute Gasteiger partial charge is 0.166 e. The van der Waals surface area contributed by atoms with Gasteiger partial charge in [-0.25, -0.2) is 0 Å². The first-order valence-electron chi connectivity index (χ1n) is 5.27.